The van der Waals surface area contributed by atoms with Crippen molar-refractivity contribution in [2.45, 2.75) is 32.6 Å². The Balaban J connectivity index is 1.53. The molecule has 0 saturated heterocycles. The number of carbonyl (C=O) groups is 1. The zero-order valence-electron chi connectivity index (χ0n) is 14.5. The van der Waals surface area contributed by atoms with Crippen LogP contribution in [0.3, 0.4) is 0 Å². The number of fused-ring (bicyclic) bond motifs is 1. The lowest BCUT2D eigenvalue weighted by Gasteiger charge is -2.28. The number of aliphatic imine (C=N–C) groups is 1. The molecule has 2 amide bonds. The van der Waals surface area contributed by atoms with E-state index < -0.39 is 0 Å². The summed E-state index contributed by atoms with van der Waals surface area (Å²) in [4.78, 5) is 29.5. The number of anilines is 1. The summed E-state index contributed by atoms with van der Waals surface area (Å²) in [5.74, 6) is 0.873. The molecule has 2 aromatic rings. The standard InChI is InChI=1S/C19H24N4O2/c1-13-8-16-17(22-13)6-3-7-18(16)23-19(25)21-11-15-5-2-4-14(9-15)10-20-12-24/h3,6-8,14-15,22H,2,4-5,9-11H2,1H3,(H2,21,23,25). The predicted molar refractivity (Wildman–Crippen MR) is 98.5 cm³/mol. The Bertz CT molecular complexity index is 792. The first-order chi connectivity index (χ1) is 12.2. The van der Waals surface area contributed by atoms with Crippen molar-refractivity contribution in [3.8, 4) is 0 Å². The Morgan fingerprint density at radius 2 is 2.20 bits per heavy atom. The van der Waals surface area contributed by atoms with Crippen LogP contribution in [0.25, 0.3) is 10.9 Å². The molecule has 1 fully saturated rings. The van der Waals surface area contributed by atoms with Gasteiger partial charge in [-0.05, 0) is 56.2 Å². The Kier molecular flexibility index (Phi) is 5.51. The van der Waals surface area contributed by atoms with E-state index in [1.807, 2.05) is 31.2 Å². The number of isocyanates is 1. The molecular weight excluding hydrogens is 316 g/mol. The van der Waals surface area contributed by atoms with Gasteiger partial charge in [0, 0.05) is 23.1 Å². The molecule has 1 aliphatic carbocycles. The molecule has 0 aliphatic heterocycles. The Morgan fingerprint density at radius 1 is 1.36 bits per heavy atom. The first-order valence-electron chi connectivity index (χ1n) is 8.82. The molecule has 2 unspecified atom stereocenters. The van der Waals surface area contributed by atoms with Gasteiger partial charge in [0.1, 0.15) is 0 Å². The van der Waals surface area contributed by atoms with E-state index in [1.165, 1.54) is 0 Å². The Labute approximate surface area is 147 Å². The molecule has 6 nitrogen and oxygen atoms in total. The van der Waals surface area contributed by atoms with Gasteiger partial charge in [0.05, 0.1) is 12.2 Å². The zero-order chi connectivity index (χ0) is 17.6. The van der Waals surface area contributed by atoms with Gasteiger partial charge in [-0.1, -0.05) is 12.5 Å². The van der Waals surface area contributed by atoms with Crippen LogP contribution in [0, 0.1) is 18.8 Å². The summed E-state index contributed by atoms with van der Waals surface area (Å²) in [5, 5.41) is 6.94. The average molecular weight is 340 g/mol. The summed E-state index contributed by atoms with van der Waals surface area (Å²) >= 11 is 0. The van der Waals surface area contributed by atoms with Gasteiger partial charge in [0.25, 0.3) is 0 Å². The lowest BCUT2D eigenvalue weighted by Crippen LogP contribution is -2.35. The summed E-state index contributed by atoms with van der Waals surface area (Å²) in [6, 6.07) is 7.68. The fraction of sp³-hybridized carbons (Fsp3) is 0.474. The smallest absolute Gasteiger partial charge is 0.319 e. The van der Waals surface area contributed by atoms with Crippen molar-refractivity contribution in [2.75, 3.05) is 18.4 Å². The van der Waals surface area contributed by atoms with Crippen molar-refractivity contribution in [3.05, 3.63) is 30.0 Å². The van der Waals surface area contributed by atoms with Crippen LogP contribution in [0.1, 0.15) is 31.4 Å². The molecule has 1 heterocycles. The molecule has 3 rings (SSSR count). The third-order valence-corrected chi connectivity index (χ3v) is 4.90. The van der Waals surface area contributed by atoms with Gasteiger partial charge in [-0.15, -0.1) is 0 Å². The Hall–Kier alpha value is -2.59. The van der Waals surface area contributed by atoms with Gasteiger partial charge >= 0.3 is 6.03 Å². The highest BCUT2D eigenvalue weighted by molar-refractivity contribution is 6.00. The number of amides is 2. The van der Waals surface area contributed by atoms with Gasteiger partial charge in [0.15, 0.2) is 0 Å². The molecule has 2 atom stereocenters. The number of urea groups is 1. The number of hydrogen-bond donors (Lipinski definition) is 3. The molecule has 1 aromatic heterocycles. The number of benzene rings is 1. The summed E-state index contributed by atoms with van der Waals surface area (Å²) in [6.45, 7) is 3.20. The van der Waals surface area contributed by atoms with Crippen LogP contribution in [0.2, 0.25) is 0 Å². The molecule has 0 bridgehead atoms. The second kappa shape index (κ2) is 7.99. The first-order valence-corrected chi connectivity index (χ1v) is 8.82. The molecule has 25 heavy (non-hydrogen) atoms. The topological polar surface area (TPSA) is 86.3 Å². The van der Waals surface area contributed by atoms with E-state index in [4.69, 9.17) is 0 Å². The van der Waals surface area contributed by atoms with E-state index in [0.717, 1.165) is 48.0 Å². The second-order valence-electron chi connectivity index (χ2n) is 6.88. The highest BCUT2D eigenvalue weighted by atomic mass is 16.2. The molecule has 3 N–H and O–H groups in total. The van der Waals surface area contributed by atoms with Crippen molar-refractivity contribution in [3.63, 3.8) is 0 Å². The van der Waals surface area contributed by atoms with Crippen molar-refractivity contribution in [2.24, 2.45) is 16.8 Å². The first kappa shape index (κ1) is 17.2. The summed E-state index contributed by atoms with van der Waals surface area (Å²) < 4.78 is 0. The third kappa shape index (κ3) is 4.48. The molecule has 0 radical (unpaired) electrons. The lowest BCUT2D eigenvalue weighted by atomic mass is 9.81. The number of H-pyrrole nitrogens is 1. The van der Waals surface area contributed by atoms with E-state index in [9.17, 15) is 9.59 Å². The monoisotopic (exact) mass is 340 g/mol. The minimum absolute atomic E-state index is 0.181. The van der Waals surface area contributed by atoms with Gasteiger partial charge in [-0.2, -0.15) is 0 Å². The molecule has 1 aliphatic rings. The predicted octanol–water partition coefficient (Wildman–Crippen LogP) is 3.74. The van der Waals surface area contributed by atoms with Crippen LogP contribution >= 0.6 is 0 Å². The van der Waals surface area contributed by atoms with Crippen LogP contribution in [0.4, 0.5) is 10.5 Å². The SMILES string of the molecule is Cc1cc2c(NC(=O)NCC3CCCC(CN=C=O)C3)cccc2[nH]1. The highest BCUT2D eigenvalue weighted by Crippen LogP contribution is 2.29. The molecule has 132 valence electrons. The van der Waals surface area contributed by atoms with Crippen molar-refractivity contribution < 1.29 is 9.59 Å². The van der Waals surface area contributed by atoms with E-state index in [0.29, 0.717) is 24.9 Å². The molecular formula is C19H24N4O2. The summed E-state index contributed by atoms with van der Waals surface area (Å²) in [5.41, 5.74) is 2.89. The fourth-order valence-electron chi connectivity index (χ4n) is 3.73. The largest absolute Gasteiger partial charge is 0.359 e. The second-order valence-corrected chi connectivity index (χ2v) is 6.88. The van der Waals surface area contributed by atoms with Gasteiger partial charge < -0.3 is 15.6 Å². The van der Waals surface area contributed by atoms with Crippen LogP contribution in [0.5, 0.6) is 0 Å². The zero-order valence-corrected chi connectivity index (χ0v) is 14.5. The van der Waals surface area contributed by atoms with E-state index >= 15 is 0 Å². The average Bonchev–Trinajstić information content (AvgIpc) is 3.00. The summed E-state index contributed by atoms with van der Waals surface area (Å²) in [6.07, 6.45) is 5.94. The van der Waals surface area contributed by atoms with Crippen molar-refractivity contribution in [1.82, 2.24) is 10.3 Å². The molecule has 0 spiro atoms. The van der Waals surface area contributed by atoms with Crippen molar-refractivity contribution in [1.29, 1.82) is 0 Å². The van der Waals surface area contributed by atoms with Gasteiger partial charge in [-0.25, -0.2) is 14.6 Å². The van der Waals surface area contributed by atoms with Gasteiger partial charge in [-0.3, -0.25) is 0 Å². The van der Waals surface area contributed by atoms with Crippen LogP contribution in [-0.2, 0) is 4.79 Å². The highest BCUT2D eigenvalue weighted by Gasteiger charge is 2.22. The van der Waals surface area contributed by atoms with Crippen molar-refractivity contribution >= 4 is 28.7 Å². The maximum atomic E-state index is 12.3. The molecule has 1 saturated carbocycles. The van der Waals surface area contributed by atoms with E-state index in [-0.39, 0.29) is 6.03 Å². The van der Waals surface area contributed by atoms with Crippen LogP contribution < -0.4 is 10.6 Å². The third-order valence-electron chi connectivity index (χ3n) is 4.90. The summed E-state index contributed by atoms with van der Waals surface area (Å²) in [7, 11) is 0. The van der Waals surface area contributed by atoms with E-state index in [2.05, 4.69) is 20.6 Å². The number of nitrogens with one attached hydrogen (secondary N) is 3. The van der Waals surface area contributed by atoms with E-state index in [1.54, 1.807) is 6.08 Å². The van der Waals surface area contributed by atoms with Crippen LogP contribution in [0.15, 0.2) is 29.3 Å². The Morgan fingerprint density at radius 3 is 3.04 bits per heavy atom. The lowest BCUT2D eigenvalue weighted by molar-refractivity contribution is 0.239. The number of aryl methyl sites for hydroxylation is 1. The maximum Gasteiger partial charge on any atom is 0.319 e. The normalized spacial score (nSPS) is 20.0. The minimum Gasteiger partial charge on any atom is -0.359 e. The van der Waals surface area contributed by atoms with Gasteiger partial charge in [0.2, 0.25) is 6.08 Å². The van der Waals surface area contributed by atoms with Crippen LogP contribution in [-0.4, -0.2) is 30.2 Å². The number of hydrogen-bond acceptors (Lipinski definition) is 3. The quantitative estimate of drug-likeness (QED) is 0.572. The molecule has 6 heteroatoms. The fourth-order valence-corrected chi connectivity index (χ4v) is 3.73. The minimum atomic E-state index is -0.181. The number of nitrogens with zero attached hydrogens (tertiary/aromatic N) is 1. The number of aromatic amines is 1. The number of rotatable bonds is 5. The maximum absolute atomic E-state index is 12.3. The number of carbonyl (C=O) groups excluding carboxylic acids is 2. The number of aromatic nitrogens is 1. The molecule has 1 aromatic carbocycles.